The third-order valence-corrected chi connectivity index (χ3v) is 6.31. The molecule has 1 aliphatic heterocycles. The molecule has 0 saturated carbocycles. The van der Waals surface area contributed by atoms with Gasteiger partial charge < -0.3 is 18.9 Å². The van der Waals surface area contributed by atoms with E-state index in [-0.39, 0.29) is 11.9 Å². The highest BCUT2D eigenvalue weighted by Gasteiger charge is 2.21. The zero-order valence-electron chi connectivity index (χ0n) is 21.2. The highest BCUT2D eigenvalue weighted by molar-refractivity contribution is 5.88. The fraction of sp³-hybridized carbons (Fsp3) is 0.538. The second-order valence-electron chi connectivity index (χ2n) is 9.32. The normalized spacial score (nSPS) is 13.9. The number of nitrogens with one attached hydrogen (secondary N) is 1. The van der Waals surface area contributed by atoms with Gasteiger partial charge in [-0.15, -0.1) is 0 Å². The van der Waals surface area contributed by atoms with Gasteiger partial charge in [-0.1, -0.05) is 31.4 Å². The van der Waals surface area contributed by atoms with E-state index in [4.69, 9.17) is 24.6 Å². The number of benzene rings is 1. The standard InChI is InChI=1S/C26H36N6O4/c1-19(2)32-18-27-24-23(28-26(29-25(24)32)31-12-15-35-16-13-31)20-9-8-10-21(17-20)36-14-7-5-3-4-6-11-22(33)30-34/h8-10,17-19,34H,3-7,11-16H2,1-2H3,(H,30,33). The minimum absolute atomic E-state index is 0.233. The van der Waals surface area contributed by atoms with Crippen LogP contribution >= 0.6 is 0 Å². The summed E-state index contributed by atoms with van der Waals surface area (Å²) in [6.07, 6.45) is 6.94. The lowest BCUT2D eigenvalue weighted by atomic mass is 10.1. The Morgan fingerprint density at radius 1 is 1.14 bits per heavy atom. The van der Waals surface area contributed by atoms with E-state index in [1.165, 1.54) is 0 Å². The molecule has 1 aromatic carbocycles. The number of carbonyl (C=O) groups excluding carboxylic acids is 1. The summed E-state index contributed by atoms with van der Waals surface area (Å²) in [6.45, 7) is 7.73. The zero-order chi connectivity index (χ0) is 25.3. The van der Waals surface area contributed by atoms with Crippen LogP contribution in [0.4, 0.5) is 5.95 Å². The summed E-state index contributed by atoms with van der Waals surface area (Å²) < 4.78 is 13.6. The second-order valence-corrected chi connectivity index (χ2v) is 9.32. The predicted octanol–water partition coefficient (Wildman–Crippen LogP) is 4.14. The minimum Gasteiger partial charge on any atom is -0.494 e. The van der Waals surface area contributed by atoms with E-state index in [1.54, 1.807) is 5.48 Å². The largest absolute Gasteiger partial charge is 0.494 e. The molecule has 2 N–H and O–H groups in total. The molecule has 1 amide bonds. The maximum atomic E-state index is 11.0. The molecular weight excluding hydrogens is 460 g/mol. The van der Waals surface area contributed by atoms with Crippen molar-refractivity contribution in [3.05, 3.63) is 30.6 Å². The molecule has 0 atom stereocenters. The molecule has 0 bridgehead atoms. The number of hydrogen-bond donors (Lipinski definition) is 2. The summed E-state index contributed by atoms with van der Waals surface area (Å²) in [5.74, 6) is 1.17. The van der Waals surface area contributed by atoms with Crippen LogP contribution in [0.5, 0.6) is 5.75 Å². The SMILES string of the molecule is CC(C)n1cnc2c(-c3cccc(OCCCCCCCC(=O)NO)c3)nc(N3CCOCC3)nc21. The topological polar surface area (TPSA) is 115 Å². The Balaban J connectivity index is 1.44. The Morgan fingerprint density at radius 3 is 2.69 bits per heavy atom. The van der Waals surface area contributed by atoms with Gasteiger partial charge in [0.15, 0.2) is 5.65 Å². The smallest absolute Gasteiger partial charge is 0.243 e. The molecule has 0 aliphatic carbocycles. The van der Waals surface area contributed by atoms with Gasteiger partial charge in [0.05, 0.1) is 26.1 Å². The van der Waals surface area contributed by atoms with Crippen LogP contribution in [0.1, 0.15) is 58.4 Å². The van der Waals surface area contributed by atoms with Crippen LogP contribution in [0, 0.1) is 0 Å². The monoisotopic (exact) mass is 496 g/mol. The van der Waals surface area contributed by atoms with E-state index in [0.717, 1.165) is 73.4 Å². The number of aromatic nitrogens is 4. The van der Waals surface area contributed by atoms with Gasteiger partial charge in [0.2, 0.25) is 11.9 Å². The Bertz CT molecular complexity index is 1140. The maximum absolute atomic E-state index is 11.0. The van der Waals surface area contributed by atoms with Gasteiger partial charge in [0.25, 0.3) is 0 Å². The summed E-state index contributed by atoms with van der Waals surface area (Å²) in [7, 11) is 0. The van der Waals surface area contributed by atoms with Crippen molar-refractivity contribution in [2.45, 2.75) is 58.4 Å². The van der Waals surface area contributed by atoms with E-state index in [0.29, 0.717) is 32.2 Å². The average Bonchev–Trinajstić information content (AvgIpc) is 3.34. The number of fused-ring (bicyclic) bond motifs is 1. The number of imidazole rings is 1. The van der Waals surface area contributed by atoms with Crippen molar-refractivity contribution in [2.75, 3.05) is 37.8 Å². The summed E-state index contributed by atoms with van der Waals surface area (Å²) in [6, 6.07) is 8.24. The number of unbranched alkanes of at least 4 members (excludes halogenated alkanes) is 4. The number of hydroxylamine groups is 1. The van der Waals surface area contributed by atoms with Crippen molar-refractivity contribution in [1.82, 2.24) is 25.0 Å². The summed E-state index contributed by atoms with van der Waals surface area (Å²) >= 11 is 0. The van der Waals surface area contributed by atoms with E-state index < -0.39 is 0 Å². The quantitative estimate of drug-likeness (QED) is 0.218. The Labute approximate surface area is 211 Å². The number of hydrogen-bond acceptors (Lipinski definition) is 8. The molecule has 0 radical (unpaired) electrons. The fourth-order valence-corrected chi connectivity index (χ4v) is 4.29. The van der Waals surface area contributed by atoms with E-state index >= 15 is 0 Å². The molecule has 194 valence electrons. The van der Waals surface area contributed by atoms with Crippen molar-refractivity contribution >= 4 is 23.0 Å². The highest BCUT2D eigenvalue weighted by atomic mass is 16.5. The molecule has 10 nitrogen and oxygen atoms in total. The van der Waals surface area contributed by atoms with Gasteiger partial charge in [-0.25, -0.2) is 15.4 Å². The number of morpholine rings is 1. The van der Waals surface area contributed by atoms with Gasteiger partial charge in [-0.2, -0.15) is 4.98 Å². The predicted molar refractivity (Wildman–Crippen MR) is 137 cm³/mol. The molecule has 4 rings (SSSR count). The Morgan fingerprint density at radius 2 is 1.92 bits per heavy atom. The molecule has 10 heteroatoms. The molecule has 0 unspecified atom stereocenters. The van der Waals surface area contributed by atoms with Crippen LogP contribution < -0.4 is 15.1 Å². The van der Waals surface area contributed by atoms with Crippen LogP contribution in [0.25, 0.3) is 22.4 Å². The van der Waals surface area contributed by atoms with E-state index in [9.17, 15) is 4.79 Å². The van der Waals surface area contributed by atoms with Crippen LogP contribution in [0.2, 0.25) is 0 Å². The molecule has 2 aromatic heterocycles. The minimum atomic E-state index is -0.327. The maximum Gasteiger partial charge on any atom is 0.243 e. The molecule has 1 fully saturated rings. The summed E-state index contributed by atoms with van der Waals surface area (Å²) in [4.78, 5) is 27.7. The number of rotatable bonds is 12. The van der Waals surface area contributed by atoms with Crippen molar-refractivity contribution in [3.8, 4) is 17.0 Å². The zero-order valence-corrected chi connectivity index (χ0v) is 21.2. The van der Waals surface area contributed by atoms with E-state index in [1.807, 2.05) is 30.6 Å². The third-order valence-electron chi connectivity index (χ3n) is 6.31. The fourth-order valence-electron chi connectivity index (χ4n) is 4.29. The number of anilines is 1. The number of carbonyl (C=O) groups is 1. The number of nitrogens with zero attached hydrogens (tertiary/aromatic N) is 5. The molecule has 36 heavy (non-hydrogen) atoms. The first-order valence-electron chi connectivity index (χ1n) is 12.8. The lowest BCUT2D eigenvalue weighted by Crippen LogP contribution is -2.37. The Kier molecular flexibility index (Phi) is 9.07. The van der Waals surface area contributed by atoms with Crippen LogP contribution in [-0.2, 0) is 9.53 Å². The second kappa shape index (κ2) is 12.6. The molecule has 1 saturated heterocycles. The Hall–Kier alpha value is -3.24. The summed E-state index contributed by atoms with van der Waals surface area (Å²) in [5, 5.41) is 8.52. The highest BCUT2D eigenvalue weighted by Crippen LogP contribution is 2.31. The average molecular weight is 497 g/mol. The lowest BCUT2D eigenvalue weighted by molar-refractivity contribution is -0.129. The van der Waals surface area contributed by atoms with Crippen molar-refractivity contribution in [1.29, 1.82) is 0 Å². The van der Waals surface area contributed by atoms with Gasteiger partial charge in [-0.05, 0) is 38.8 Å². The van der Waals surface area contributed by atoms with E-state index in [2.05, 4.69) is 28.3 Å². The molecule has 3 aromatic rings. The van der Waals surface area contributed by atoms with Gasteiger partial charge in [-0.3, -0.25) is 10.0 Å². The van der Waals surface area contributed by atoms with Gasteiger partial charge >= 0.3 is 0 Å². The van der Waals surface area contributed by atoms with Gasteiger partial charge in [0.1, 0.15) is 17.0 Å². The van der Waals surface area contributed by atoms with Crippen molar-refractivity contribution in [2.24, 2.45) is 0 Å². The first-order chi connectivity index (χ1) is 17.6. The molecule has 3 heterocycles. The van der Waals surface area contributed by atoms with Crippen LogP contribution in [-0.4, -0.2) is 63.5 Å². The lowest BCUT2D eigenvalue weighted by Gasteiger charge is -2.27. The molecule has 1 aliphatic rings. The first kappa shape index (κ1) is 25.8. The van der Waals surface area contributed by atoms with Gasteiger partial charge in [0, 0.05) is 31.1 Å². The molecule has 0 spiro atoms. The number of ether oxygens (including phenoxy) is 2. The van der Waals surface area contributed by atoms with Crippen LogP contribution in [0.3, 0.4) is 0 Å². The van der Waals surface area contributed by atoms with Crippen molar-refractivity contribution < 1.29 is 19.5 Å². The van der Waals surface area contributed by atoms with Crippen LogP contribution in [0.15, 0.2) is 30.6 Å². The van der Waals surface area contributed by atoms with Crippen molar-refractivity contribution in [3.63, 3.8) is 0 Å². The first-order valence-corrected chi connectivity index (χ1v) is 12.8. The number of amides is 1. The summed E-state index contributed by atoms with van der Waals surface area (Å²) in [5.41, 5.74) is 5.04. The third kappa shape index (κ3) is 6.50. The molecular formula is C26H36N6O4.